The summed E-state index contributed by atoms with van der Waals surface area (Å²) in [6.07, 6.45) is 2.73. The number of ether oxygens (including phenoxy) is 2. The van der Waals surface area contributed by atoms with Crippen LogP contribution in [-0.4, -0.2) is 38.7 Å². The zero-order valence-electron chi connectivity index (χ0n) is 9.35. The standard InChI is InChI=1S/C11H17NO4/c1-15-11(14)10(12-6-13)9-7-2-3-8(9)5-16-4-7/h6-10H,2-5H2,1H3,(H,12,13). The molecule has 2 bridgehead atoms. The number of carbonyl (C=O) groups excluding carboxylic acids is 2. The number of fused-ring (bicyclic) bond motifs is 2. The van der Waals surface area contributed by atoms with E-state index in [2.05, 4.69) is 5.32 Å². The Kier molecular flexibility index (Phi) is 3.43. The summed E-state index contributed by atoms with van der Waals surface area (Å²) >= 11 is 0. The molecule has 0 aromatic heterocycles. The van der Waals surface area contributed by atoms with Gasteiger partial charge < -0.3 is 14.8 Å². The Balaban J connectivity index is 2.13. The van der Waals surface area contributed by atoms with Gasteiger partial charge in [0.1, 0.15) is 6.04 Å². The highest BCUT2D eigenvalue weighted by Gasteiger charge is 2.46. The normalized spacial score (nSPS) is 34.2. The van der Waals surface area contributed by atoms with Crippen molar-refractivity contribution in [1.82, 2.24) is 5.32 Å². The molecule has 2 rings (SSSR count). The maximum atomic E-state index is 11.6. The van der Waals surface area contributed by atoms with E-state index in [1.165, 1.54) is 7.11 Å². The summed E-state index contributed by atoms with van der Waals surface area (Å²) in [4.78, 5) is 22.2. The summed E-state index contributed by atoms with van der Waals surface area (Å²) in [5.74, 6) is 0.563. The molecule has 5 heteroatoms. The average Bonchev–Trinajstić information content (AvgIpc) is 2.55. The van der Waals surface area contributed by atoms with E-state index < -0.39 is 6.04 Å². The summed E-state index contributed by atoms with van der Waals surface area (Å²) in [5.41, 5.74) is 0. The molecule has 5 nitrogen and oxygen atoms in total. The van der Waals surface area contributed by atoms with Gasteiger partial charge in [0, 0.05) is 13.2 Å². The fraction of sp³-hybridized carbons (Fsp3) is 0.818. The van der Waals surface area contributed by atoms with E-state index in [0.717, 1.165) is 12.8 Å². The molecule has 3 unspecified atom stereocenters. The molecule has 1 saturated heterocycles. The SMILES string of the molecule is COC(=O)C(NC=O)C1C2CCC1COC2. The third kappa shape index (κ3) is 1.91. The Morgan fingerprint density at radius 3 is 2.56 bits per heavy atom. The molecule has 1 heterocycles. The number of methoxy groups -OCH3 is 1. The van der Waals surface area contributed by atoms with Gasteiger partial charge >= 0.3 is 5.97 Å². The number of carbonyl (C=O) groups is 2. The van der Waals surface area contributed by atoms with Crippen LogP contribution in [-0.2, 0) is 19.1 Å². The molecule has 0 aromatic carbocycles. The Hall–Kier alpha value is -1.10. The Bertz CT molecular complexity index is 265. The van der Waals surface area contributed by atoms with Crippen LogP contribution in [0.1, 0.15) is 12.8 Å². The van der Waals surface area contributed by atoms with Crippen LogP contribution in [0.4, 0.5) is 0 Å². The smallest absolute Gasteiger partial charge is 0.328 e. The second-order valence-corrected chi connectivity index (χ2v) is 4.50. The lowest BCUT2D eigenvalue weighted by Gasteiger charge is -2.34. The molecule has 1 N–H and O–H groups in total. The zero-order valence-corrected chi connectivity index (χ0v) is 9.35. The second-order valence-electron chi connectivity index (χ2n) is 4.50. The van der Waals surface area contributed by atoms with Gasteiger partial charge in [0.15, 0.2) is 0 Å². The molecule has 16 heavy (non-hydrogen) atoms. The van der Waals surface area contributed by atoms with Crippen molar-refractivity contribution in [3.8, 4) is 0 Å². The van der Waals surface area contributed by atoms with E-state index in [1.807, 2.05) is 0 Å². The number of hydrogen-bond donors (Lipinski definition) is 1. The van der Waals surface area contributed by atoms with Crippen LogP contribution in [0, 0.1) is 17.8 Å². The minimum absolute atomic E-state index is 0.173. The highest BCUT2D eigenvalue weighted by Crippen LogP contribution is 2.42. The van der Waals surface area contributed by atoms with Gasteiger partial charge in [-0.25, -0.2) is 4.79 Å². The molecule has 1 saturated carbocycles. The van der Waals surface area contributed by atoms with Crippen LogP contribution < -0.4 is 5.32 Å². The lowest BCUT2D eigenvalue weighted by atomic mass is 9.82. The maximum absolute atomic E-state index is 11.6. The molecule has 0 aromatic rings. The summed E-state index contributed by atoms with van der Waals surface area (Å²) < 4.78 is 10.2. The number of rotatable bonds is 4. The van der Waals surface area contributed by atoms with Gasteiger partial charge in [-0.15, -0.1) is 0 Å². The van der Waals surface area contributed by atoms with E-state index in [0.29, 0.717) is 31.5 Å². The van der Waals surface area contributed by atoms with Crippen LogP contribution in [0.25, 0.3) is 0 Å². The Morgan fingerprint density at radius 2 is 2.06 bits per heavy atom. The predicted octanol–water partition coefficient (Wildman–Crippen LogP) is -0.0534. The Labute approximate surface area is 94.5 Å². The fourth-order valence-corrected chi connectivity index (χ4v) is 3.04. The van der Waals surface area contributed by atoms with Crippen LogP contribution in [0.15, 0.2) is 0 Å². The lowest BCUT2D eigenvalue weighted by molar-refractivity contribution is -0.148. The first kappa shape index (κ1) is 11.4. The zero-order chi connectivity index (χ0) is 11.5. The summed E-state index contributed by atoms with van der Waals surface area (Å²) in [6, 6.07) is -0.510. The topological polar surface area (TPSA) is 64.6 Å². The lowest BCUT2D eigenvalue weighted by Crippen LogP contribution is -2.49. The number of amides is 1. The van der Waals surface area contributed by atoms with E-state index in [9.17, 15) is 9.59 Å². The first-order valence-electron chi connectivity index (χ1n) is 5.63. The molecule has 0 radical (unpaired) electrons. The number of esters is 1. The van der Waals surface area contributed by atoms with E-state index in [-0.39, 0.29) is 11.9 Å². The molecule has 1 amide bonds. The van der Waals surface area contributed by atoms with Gasteiger partial charge in [-0.1, -0.05) is 0 Å². The number of nitrogens with one attached hydrogen (secondary N) is 1. The molecule has 0 spiro atoms. The third-order valence-electron chi connectivity index (χ3n) is 3.75. The van der Waals surface area contributed by atoms with Crippen molar-refractivity contribution in [1.29, 1.82) is 0 Å². The minimum Gasteiger partial charge on any atom is -0.467 e. The second kappa shape index (κ2) is 4.82. The van der Waals surface area contributed by atoms with Gasteiger partial charge in [-0.05, 0) is 30.6 Å². The molecule has 3 atom stereocenters. The van der Waals surface area contributed by atoms with Crippen LogP contribution in [0.3, 0.4) is 0 Å². The van der Waals surface area contributed by atoms with Gasteiger partial charge in [0.05, 0.1) is 7.11 Å². The van der Waals surface area contributed by atoms with Gasteiger partial charge in [0.2, 0.25) is 6.41 Å². The molecule has 2 aliphatic rings. The molecular formula is C11H17NO4. The van der Waals surface area contributed by atoms with Crippen LogP contribution in [0.5, 0.6) is 0 Å². The maximum Gasteiger partial charge on any atom is 0.328 e. The molecule has 1 aliphatic heterocycles. The first-order chi connectivity index (χ1) is 7.77. The Morgan fingerprint density at radius 1 is 1.44 bits per heavy atom. The van der Waals surface area contributed by atoms with Gasteiger partial charge in [-0.3, -0.25) is 4.79 Å². The minimum atomic E-state index is -0.510. The van der Waals surface area contributed by atoms with Crippen molar-refractivity contribution in [2.75, 3.05) is 20.3 Å². The van der Waals surface area contributed by atoms with Crippen molar-refractivity contribution in [3.05, 3.63) is 0 Å². The van der Waals surface area contributed by atoms with Crippen molar-refractivity contribution >= 4 is 12.4 Å². The quantitative estimate of drug-likeness (QED) is 0.540. The monoisotopic (exact) mass is 227 g/mol. The van der Waals surface area contributed by atoms with E-state index in [4.69, 9.17) is 9.47 Å². The summed E-state index contributed by atoms with van der Waals surface area (Å²) in [5, 5.41) is 2.59. The van der Waals surface area contributed by atoms with E-state index in [1.54, 1.807) is 0 Å². The first-order valence-corrected chi connectivity index (χ1v) is 5.63. The van der Waals surface area contributed by atoms with E-state index >= 15 is 0 Å². The van der Waals surface area contributed by atoms with Crippen LogP contribution >= 0.6 is 0 Å². The average molecular weight is 227 g/mol. The van der Waals surface area contributed by atoms with Crippen molar-refractivity contribution < 1.29 is 19.1 Å². The van der Waals surface area contributed by atoms with Crippen molar-refractivity contribution in [2.45, 2.75) is 18.9 Å². The third-order valence-corrected chi connectivity index (χ3v) is 3.75. The molecular weight excluding hydrogens is 210 g/mol. The van der Waals surface area contributed by atoms with Crippen molar-refractivity contribution in [2.24, 2.45) is 17.8 Å². The predicted molar refractivity (Wildman–Crippen MR) is 55.5 cm³/mol. The summed E-state index contributed by atoms with van der Waals surface area (Å²) in [6.45, 7) is 1.38. The van der Waals surface area contributed by atoms with Crippen molar-refractivity contribution in [3.63, 3.8) is 0 Å². The van der Waals surface area contributed by atoms with Gasteiger partial charge in [0.25, 0.3) is 0 Å². The number of hydrogen-bond acceptors (Lipinski definition) is 4. The molecule has 1 aliphatic carbocycles. The molecule has 90 valence electrons. The summed E-state index contributed by atoms with van der Waals surface area (Å²) in [7, 11) is 1.35. The highest BCUT2D eigenvalue weighted by molar-refractivity contribution is 5.78. The largest absolute Gasteiger partial charge is 0.467 e. The fourth-order valence-electron chi connectivity index (χ4n) is 3.04. The van der Waals surface area contributed by atoms with Crippen LogP contribution in [0.2, 0.25) is 0 Å². The highest BCUT2D eigenvalue weighted by atomic mass is 16.5. The molecule has 2 fully saturated rings. The van der Waals surface area contributed by atoms with Gasteiger partial charge in [-0.2, -0.15) is 0 Å².